The third kappa shape index (κ3) is 2.92. The van der Waals surface area contributed by atoms with Crippen molar-refractivity contribution in [2.24, 2.45) is 10.1 Å². The van der Waals surface area contributed by atoms with Crippen LogP contribution in [0.15, 0.2) is 16.0 Å². The second-order valence-corrected chi connectivity index (χ2v) is 5.95. The average molecular weight is 216 g/mol. The average Bonchev–Trinajstić information content (AvgIpc) is 2.52. The first-order chi connectivity index (χ1) is 6.57. The maximum Gasteiger partial charge on any atom is 0.280 e. The van der Waals surface area contributed by atoms with E-state index in [9.17, 15) is 9.00 Å². The maximum atomic E-state index is 11.9. The molecular weight excluding hydrogens is 200 g/mol. The molecule has 1 saturated heterocycles. The van der Waals surface area contributed by atoms with Crippen LogP contribution in [-0.4, -0.2) is 28.2 Å². The summed E-state index contributed by atoms with van der Waals surface area (Å²) in [4.78, 5) is 11.4. The van der Waals surface area contributed by atoms with Gasteiger partial charge in [0.2, 0.25) is 0 Å². The van der Waals surface area contributed by atoms with Crippen molar-refractivity contribution in [1.29, 1.82) is 0 Å². The summed E-state index contributed by atoms with van der Waals surface area (Å²) in [5.74, 6) is 0.755. The van der Waals surface area contributed by atoms with Gasteiger partial charge in [-0.15, -0.1) is 0 Å². The number of rotatable bonds is 2. The minimum Gasteiger partial charge on any atom is -0.327 e. The molecule has 0 bridgehead atoms. The van der Waals surface area contributed by atoms with E-state index in [0.717, 1.165) is 12.8 Å². The van der Waals surface area contributed by atoms with E-state index in [1.807, 2.05) is 0 Å². The van der Waals surface area contributed by atoms with Crippen LogP contribution in [0.5, 0.6) is 0 Å². The van der Waals surface area contributed by atoms with Crippen LogP contribution in [0.4, 0.5) is 0 Å². The molecule has 1 heterocycles. The Balaban J connectivity index is 2.82. The molecule has 1 aliphatic rings. The second-order valence-electron chi connectivity index (χ2n) is 3.41. The van der Waals surface area contributed by atoms with Gasteiger partial charge in [-0.05, 0) is 19.8 Å². The Labute approximate surface area is 84.7 Å². The highest BCUT2D eigenvalue weighted by Gasteiger charge is 2.18. The molecule has 1 aliphatic heterocycles. The molecule has 0 aromatic rings. The molecule has 0 unspecified atom stereocenters. The molecule has 0 aliphatic carbocycles. The van der Waals surface area contributed by atoms with Gasteiger partial charge >= 0.3 is 0 Å². The fourth-order valence-corrected chi connectivity index (χ4v) is 3.48. The normalized spacial score (nSPS) is 20.9. The third-order valence-corrected chi connectivity index (χ3v) is 4.54. The highest BCUT2D eigenvalue weighted by molar-refractivity contribution is 7.94. The molecule has 1 rings (SSSR count). The molecule has 2 N–H and O–H groups in total. The van der Waals surface area contributed by atoms with Gasteiger partial charge < -0.3 is 5.73 Å². The van der Waals surface area contributed by atoms with E-state index in [2.05, 4.69) is 4.36 Å². The van der Waals surface area contributed by atoms with Crippen LogP contribution >= 0.6 is 0 Å². The molecule has 1 fully saturated rings. The largest absolute Gasteiger partial charge is 0.327 e. The molecule has 5 heteroatoms. The molecule has 4 nitrogen and oxygen atoms in total. The van der Waals surface area contributed by atoms with Gasteiger partial charge in [0, 0.05) is 23.6 Å². The van der Waals surface area contributed by atoms with Crippen LogP contribution in [0.2, 0.25) is 0 Å². The Morgan fingerprint density at radius 1 is 1.50 bits per heavy atom. The summed E-state index contributed by atoms with van der Waals surface area (Å²) in [7, 11) is -2.22. The van der Waals surface area contributed by atoms with E-state index in [1.54, 1.807) is 13.0 Å². The summed E-state index contributed by atoms with van der Waals surface area (Å²) in [5.41, 5.74) is 5.75. The van der Waals surface area contributed by atoms with Crippen molar-refractivity contribution in [2.45, 2.75) is 19.8 Å². The van der Waals surface area contributed by atoms with Gasteiger partial charge in [0.1, 0.15) is 0 Å². The number of nitrogens with zero attached hydrogens (tertiary/aromatic N) is 1. The first kappa shape index (κ1) is 11.4. The number of hydrogen-bond donors (Lipinski definition) is 1. The van der Waals surface area contributed by atoms with E-state index in [1.165, 1.54) is 0 Å². The fraction of sp³-hybridized carbons (Fsp3) is 0.667. The zero-order valence-electron chi connectivity index (χ0n) is 8.36. The molecule has 0 radical (unpaired) electrons. The summed E-state index contributed by atoms with van der Waals surface area (Å²) in [6.45, 7) is 1.96. The van der Waals surface area contributed by atoms with E-state index in [0.29, 0.717) is 23.6 Å². The molecule has 0 aromatic carbocycles. The summed E-state index contributed by atoms with van der Waals surface area (Å²) in [6, 6.07) is 0. The maximum absolute atomic E-state index is 11.9. The Bertz CT molecular complexity index is 353. The smallest absolute Gasteiger partial charge is 0.280 e. The summed E-state index contributed by atoms with van der Waals surface area (Å²) >= 11 is 0. The van der Waals surface area contributed by atoms with Crippen molar-refractivity contribution in [3.63, 3.8) is 0 Å². The van der Waals surface area contributed by atoms with E-state index >= 15 is 0 Å². The first-order valence-electron chi connectivity index (χ1n) is 4.71. The van der Waals surface area contributed by atoms with Crippen molar-refractivity contribution in [3.05, 3.63) is 11.6 Å². The van der Waals surface area contributed by atoms with Gasteiger partial charge in [-0.3, -0.25) is 4.79 Å². The van der Waals surface area contributed by atoms with Gasteiger partial charge in [0.15, 0.2) is 0 Å². The summed E-state index contributed by atoms with van der Waals surface area (Å²) in [5, 5.41) is 0. The Hall–Kier alpha value is -0.680. The number of amides is 1. The van der Waals surface area contributed by atoms with Gasteiger partial charge in [-0.1, -0.05) is 6.08 Å². The van der Waals surface area contributed by atoms with Gasteiger partial charge in [-0.2, -0.15) is 4.36 Å². The quantitative estimate of drug-likeness (QED) is 0.690. The Kier molecular flexibility index (Phi) is 3.83. The number of nitrogens with two attached hydrogens (primary N) is 1. The zero-order valence-corrected chi connectivity index (χ0v) is 9.18. The molecule has 0 saturated carbocycles. The lowest BCUT2D eigenvalue weighted by molar-refractivity contribution is -0.114. The third-order valence-electron chi connectivity index (χ3n) is 2.19. The van der Waals surface area contributed by atoms with Gasteiger partial charge in [0.25, 0.3) is 5.91 Å². The van der Waals surface area contributed by atoms with Crippen molar-refractivity contribution in [3.8, 4) is 0 Å². The van der Waals surface area contributed by atoms with Gasteiger partial charge in [-0.25, -0.2) is 4.21 Å². The lowest BCUT2D eigenvalue weighted by atomic mass is 10.3. The first-order valence-corrected chi connectivity index (χ1v) is 6.56. The Morgan fingerprint density at radius 3 is 2.57 bits per heavy atom. The van der Waals surface area contributed by atoms with Crippen molar-refractivity contribution in [1.82, 2.24) is 0 Å². The molecule has 0 spiro atoms. The van der Waals surface area contributed by atoms with Crippen LogP contribution < -0.4 is 5.73 Å². The van der Waals surface area contributed by atoms with E-state index in [4.69, 9.17) is 5.73 Å². The van der Waals surface area contributed by atoms with Crippen LogP contribution in [-0.2, 0) is 14.5 Å². The monoisotopic (exact) mass is 216 g/mol. The predicted octanol–water partition coefficient (Wildman–Crippen LogP) is 0.680. The lowest BCUT2D eigenvalue weighted by Gasteiger charge is -1.99. The lowest BCUT2D eigenvalue weighted by Crippen LogP contribution is -2.07. The highest BCUT2D eigenvalue weighted by atomic mass is 32.2. The van der Waals surface area contributed by atoms with Crippen LogP contribution in [0, 0.1) is 0 Å². The topological polar surface area (TPSA) is 72.5 Å². The predicted molar refractivity (Wildman–Crippen MR) is 57.4 cm³/mol. The highest BCUT2D eigenvalue weighted by Crippen LogP contribution is 2.14. The van der Waals surface area contributed by atoms with E-state index in [-0.39, 0.29) is 5.91 Å². The van der Waals surface area contributed by atoms with Crippen molar-refractivity contribution < 1.29 is 9.00 Å². The number of carbonyl (C=O) groups excluding carboxylic acids is 1. The SMILES string of the molecule is C/C(=C\CN)C(=O)N=S1(=O)CCCC1. The minimum absolute atomic E-state index is 0.314. The molecule has 80 valence electrons. The zero-order chi connectivity index (χ0) is 10.6. The van der Waals surface area contributed by atoms with Crippen LogP contribution in [0.25, 0.3) is 0 Å². The fourth-order valence-electron chi connectivity index (χ4n) is 1.34. The second kappa shape index (κ2) is 4.70. The minimum atomic E-state index is -2.22. The summed E-state index contributed by atoms with van der Waals surface area (Å²) < 4.78 is 15.7. The van der Waals surface area contributed by atoms with Crippen LogP contribution in [0.3, 0.4) is 0 Å². The molecular formula is C9H16N2O2S. The van der Waals surface area contributed by atoms with Crippen LogP contribution in [0.1, 0.15) is 19.8 Å². The molecule has 1 amide bonds. The number of hydrogen-bond acceptors (Lipinski definition) is 3. The van der Waals surface area contributed by atoms with Crippen molar-refractivity contribution >= 4 is 15.6 Å². The van der Waals surface area contributed by atoms with E-state index < -0.39 is 9.73 Å². The number of carbonyl (C=O) groups is 1. The van der Waals surface area contributed by atoms with Gasteiger partial charge in [0.05, 0.1) is 9.73 Å². The standard InChI is InChI=1S/C9H16N2O2S/c1-8(4-5-10)9(12)11-14(13)6-2-3-7-14/h4H,2-3,5-7,10H2,1H3/b8-4+. The van der Waals surface area contributed by atoms with Crippen molar-refractivity contribution in [2.75, 3.05) is 18.1 Å². The summed E-state index contributed by atoms with van der Waals surface area (Å²) in [6.07, 6.45) is 3.42. The molecule has 14 heavy (non-hydrogen) atoms. The molecule has 0 aromatic heterocycles. The molecule has 0 atom stereocenters. The Morgan fingerprint density at radius 2 is 2.07 bits per heavy atom.